The van der Waals surface area contributed by atoms with E-state index in [1.54, 1.807) is 12.1 Å². The molecule has 2 amide bonds. The minimum absolute atomic E-state index is 0.135. The highest BCUT2D eigenvalue weighted by atomic mass is 79.9. The van der Waals surface area contributed by atoms with Crippen molar-refractivity contribution in [3.05, 3.63) is 34.3 Å². The van der Waals surface area contributed by atoms with Gasteiger partial charge in [-0.05, 0) is 45.8 Å². The number of hydrogen-bond donors (Lipinski definition) is 0. The third-order valence-corrected chi connectivity index (χ3v) is 3.82. The Morgan fingerprint density at radius 2 is 1.83 bits per heavy atom. The van der Waals surface area contributed by atoms with Gasteiger partial charge in [-0.2, -0.15) is 0 Å². The van der Waals surface area contributed by atoms with Gasteiger partial charge in [0.2, 0.25) is 5.75 Å². The fourth-order valence-corrected chi connectivity index (χ4v) is 2.32. The van der Waals surface area contributed by atoms with Crippen LogP contribution in [0.1, 0.15) is 5.56 Å². The van der Waals surface area contributed by atoms with Crippen molar-refractivity contribution in [2.75, 3.05) is 27.9 Å². The average Bonchev–Trinajstić information content (AvgIpc) is 2.60. The van der Waals surface area contributed by atoms with Crippen molar-refractivity contribution >= 4 is 33.8 Å². The molecule has 0 atom stereocenters. The Morgan fingerprint density at radius 3 is 2.38 bits per heavy atom. The number of methoxy groups -OCH3 is 3. The van der Waals surface area contributed by atoms with Crippen LogP contribution in [0.3, 0.4) is 0 Å². The van der Waals surface area contributed by atoms with Crippen molar-refractivity contribution in [3.8, 4) is 17.2 Å². The summed E-state index contributed by atoms with van der Waals surface area (Å²) in [6, 6.07) is 3.36. The largest absolute Gasteiger partial charge is 0.493 e. The number of imide groups is 1. The van der Waals surface area contributed by atoms with E-state index in [0.29, 0.717) is 27.9 Å². The van der Waals surface area contributed by atoms with Crippen LogP contribution >= 0.6 is 15.9 Å². The van der Waals surface area contributed by atoms with E-state index in [9.17, 15) is 9.59 Å². The van der Waals surface area contributed by atoms with Gasteiger partial charge in [0, 0.05) is 6.08 Å². The zero-order valence-electron chi connectivity index (χ0n) is 13.4. The van der Waals surface area contributed by atoms with E-state index >= 15 is 0 Å². The van der Waals surface area contributed by atoms with Gasteiger partial charge in [-0.1, -0.05) is 0 Å². The molecule has 1 aliphatic heterocycles. The predicted octanol–water partition coefficient (Wildman–Crippen LogP) is 2.30. The summed E-state index contributed by atoms with van der Waals surface area (Å²) >= 11 is 3.08. The summed E-state index contributed by atoms with van der Waals surface area (Å²) in [6.45, 7) is 0.135. The summed E-state index contributed by atoms with van der Waals surface area (Å²) in [6.07, 6.45) is 4.29. The molecule has 0 fully saturated rings. The molecule has 1 heterocycles. The molecule has 128 valence electrons. The van der Waals surface area contributed by atoms with Crippen LogP contribution in [0.5, 0.6) is 17.2 Å². The van der Waals surface area contributed by atoms with Crippen LogP contribution in [0.2, 0.25) is 0 Å². The van der Waals surface area contributed by atoms with Gasteiger partial charge in [0.1, 0.15) is 0 Å². The Kier molecular flexibility index (Phi) is 5.99. The van der Waals surface area contributed by atoms with Crippen molar-refractivity contribution in [3.63, 3.8) is 0 Å². The van der Waals surface area contributed by atoms with Crippen molar-refractivity contribution < 1.29 is 28.6 Å². The molecule has 0 unspecified atom stereocenters. The highest BCUT2D eigenvalue weighted by molar-refractivity contribution is 9.12. The molecule has 7 nitrogen and oxygen atoms in total. The molecule has 24 heavy (non-hydrogen) atoms. The lowest BCUT2D eigenvalue weighted by Crippen LogP contribution is -2.38. The van der Waals surface area contributed by atoms with E-state index < -0.39 is 11.8 Å². The number of carbonyl (C=O) groups is 2. The van der Waals surface area contributed by atoms with Gasteiger partial charge < -0.3 is 14.2 Å². The van der Waals surface area contributed by atoms with Crippen LogP contribution < -0.4 is 14.2 Å². The Bertz CT molecular complexity index is 688. The molecule has 0 saturated heterocycles. The molecule has 1 aliphatic rings. The van der Waals surface area contributed by atoms with E-state index in [4.69, 9.17) is 19.0 Å². The maximum Gasteiger partial charge on any atom is 0.291 e. The normalized spacial score (nSPS) is 14.6. The first-order valence-electron chi connectivity index (χ1n) is 6.87. The zero-order chi connectivity index (χ0) is 17.7. The first-order valence-corrected chi connectivity index (χ1v) is 7.66. The number of amides is 2. The lowest BCUT2D eigenvalue weighted by molar-refractivity contribution is -0.187. The summed E-state index contributed by atoms with van der Waals surface area (Å²) in [4.78, 5) is 29.0. The standard InChI is InChI=1S/C16H16BrNO6/c1-21-12-8-10(9-13(22-2)15(12)23-3)4-5-14(19)18-16(20)11(17)6-7-24-18/h4-6,8-9H,7H2,1-3H3/b5-4+. The number of benzene rings is 1. The van der Waals surface area contributed by atoms with Crippen LogP contribution in [0, 0.1) is 0 Å². The van der Waals surface area contributed by atoms with Crippen LogP contribution in [0.15, 0.2) is 28.8 Å². The summed E-state index contributed by atoms with van der Waals surface area (Å²) in [5.41, 5.74) is 0.636. The van der Waals surface area contributed by atoms with E-state index in [2.05, 4.69) is 15.9 Å². The summed E-state index contributed by atoms with van der Waals surface area (Å²) in [5.74, 6) is 0.214. The van der Waals surface area contributed by atoms with E-state index in [0.717, 1.165) is 0 Å². The Labute approximate surface area is 147 Å². The molecular weight excluding hydrogens is 382 g/mol. The minimum atomic E-state index is -0.598. The smallest absolute Gasteiger partial charge is 0.291 e. The maximum atomic E-state index is 12.1. The second-order valence-electron chi connectivity index (χ2n) is 4.58. The van der Waals surface area contributed by atoms with Crippen LogP contribution in [0.4, 0.5) is 0 Å². The highest BCUT2D eigenvalue weighted by Crippen LogP contribution is 2.38. The molecule has 1 aromatic carbocycles. The maximum absolute atomic E-state index is 12.1. The monoisotopic (exact) mass is 397 g/mol. The third kappa shape index (κ3) is 3.77. The first-order chi connectivity index (χ1) is 11.5. The quantitative estimate of drug-likeness (QED) is 0.709. The van der Waals surface area contributed by atoms with Gasteiger partial charge in [-0.25, -0.2) is 0 Å². The zero-order valence-corrected chi connectivity index (χ0v) is 15.0. The number of ether oxygens (including phenoxy) is 3. The molecule has 1 aromatic rings. The molecule has 0 radical (unpaired) electrons. The van der Waals surface area contributed by atoms with Gasteiger partial charge in [-0.3, -0.25) is 14.4 Å². The minimum Gasteiger partial charge on any atom is -0.493 e. The fourth-order valence-electron chi connectivity index (χ4n) is 2.02. The van der Waals surface area contributed by atoms with Gasteiger partial charge in [-0.15, -0.1) is 5.06 Å². The number of carbonyl (C=O) groups excluding carboxylic acids is 2. The van der Waals surface area contributed by atoms with E-state index in [1.165, 1.54) is 39.6 Å². The van der Waals surface area contributed by atoms with Gasteiger partial charge in [0.05, 0.1) is 32.4 Å². The number of halogens is 1. The summed E-state index contributed by atoms with van der Waals surface area (Å²) in [7, 11) is 4.50. The molecule has 0 aromatic heterocycles. The molecule has 0 aliphatic carbocycles. The molecule has 0 saturated carbocycles. The van der Waals surface area contributed by atoms with Crippen molar-refractivity contribution in [2.24, 2.45) is 0 Å². The fraction of sp³-hybridized carbons (Fsp3) is 0.250. The lowest BCUT2D eigenvalue weighted by Gasteiger charge is -2.20. The molecular formula is C16H16BrNO6. The first kappa shape index (κ1) is 18.0. The number of rotatable bonds is 5. The summed E-state index contributed by atoms with van der Waals surface area (Å²) in [5, 5.41) is 0.693. The highest BCUT2D eigenvalue weighted by Gasteiger charge is 2.26. The van der Waals surface area contributed by atoms with Crippen LogP contribution in [0.25, 0.3) is 6.08 Å². The van der Waals surface area contributed by atoms with Gasteiger partial charge in [0.15, 0.2) is 11.5 Å². The second-order valence-corrected chi connectivity index (χ2v) is 5.43. The SMILES string of the molecule is COc1cc(/C=C/C(=O)N2OCC=C(Br)C2=O)cc(OC)c1OC. The average molecular weight is 398 g/mol. The Balaban J connectivity index is 2.24. The van der Waals surface area contributed by atoms with Gasteiger partial charge >= 0.3 is 0 Å². The number of hydroxylamine groups is 2. The lowest BCUT2D eigenvalue weighted by atomic mass is 10.1. The molecule has 2 rings (SSSR count). The second kappa shape index (κ2) is 7.98. The molecule has 0 N–H and O–H groups in total. The Morgan fingerprint density at radius 1 is 1.21 bits per heavy atom. The molecule has 0 bridgehead atoms. The third-order valence-electron chi connectivity index (χ3n) is 3.16. The van der Waals surface area contributed by atoms with Crippen LogP contribution in [-0.4, -0.2) is 44.8 Å². The van der Waals surface area contributed by atoms with E-state index in [1.807, 2.05) is 0 Å². The number of hydrogen-bond acceptors (Lipinski definition) is 6. The van der Waals surface area contributed by atoms with Crippen molar-refractivity contribution in [1.82, 2.24) is 5.06 Å². The Hall–Kier alpha value is -2.32. The molecule has 8 heteroatoms. The van der Waals surface area contributed by atoms with Crippen molar-refractivity contribution in [2.45, 2.75) is 0 Å². The predicted molar refractivity (Wildman–Crippen MR) is 89.9 cm³/mol. The van der Waals surface area contributed by atoms with Gasteiger partial charge in [0.25, 0.3) is 11.8 Å². The van der Waals surface area contributed by atoms with Crippen LogP contribution in [-0.2, 0) is 14.4 Å². The van der Waals surface area contributed by atoms with Crippen molar-refractivity contribution in [1.29, 1.82) is 0 Å². The van der Waals surface area contributed by atoms with E-state index in [-0.39, 0.29) is 11.1 Å². The molecule has 0 spiro atoms. The summed E-state index contributed by atoms with van der Waals surface area (Å²) < 4.78 is 16.0. The topological polar surface area (TPSA) is 74.3 Å². The number of nitrogens with zero attached hydrogens (tertiary/aromatic N) is 1.